The first kappa shape index (κ1) is 34.8. The summed E-state index contributed by atoms with van der Waals surface area (Å²) in [4.78, 5) is 4.97. The van der Waals surface area contributed by atoms with Gasteiger partial charge in [0.15, 0.2) is 5.82 Å². The summed E-state index contributed by atoms with van der Waals surface area (Å²) in [5.41, 5.74) is 6.47. The Kier molecular flexibility index (Phi) is 9.72. The standard InChI is InChI=1S/C40H46BF2NO2Si/c1-26(2)47(27(3)4,28(5)6)24-23-31-34(42)22-21-32-36(31)33(41-45-39(7,8)40(9,10)46-41)25-35(37(32)43)44-38(29-17-13-11-14-18-29)30-19-15-12-16-20-30/h11-22,25-28H,1-10H3. The SMILES string of the molecule is CC(C)[Si](C#Cc1c(F)ccc2c(F)c(N=C(c3ccccc3)c3ccccc3)cc(B3OC(C)(C)C(C)(C)O3)c12)(C(C)C)C(C)C. The lowest BCUT2D eigenvalue weighted by atomic mass is 9.74. The van der Waals surface area contributed by atoms with Crippen LogP contribution in [0.1, 0.15) is 85.9 Å². The fraction of sp³-hybridized carbons (Fsp3) is 0.375. The predicted octanol–water partition coefficient (Wildman–Crippen LogP) is 10.2. The van der Waals surface area contributed by atoms with Gasteiger partial charge < -0.3 is 9.31 Å². The van der Waals surface area contributed by atoms with Crippen molar-refractivity contribution in [1.82, 2.24) is 0 Å². The molecule has 3 nitrogen and oxygen atoms in total. The molecule has 0 aliphatic carbocycles. The lowest BCUT2D eigenvalue weighted by Gasteiger charge is -2.38. The van der Waals surface area contributed by atoms with E-state index in [2.05, 4.69) is 53.0 Å². The van der Waals surface area contributed by atoms with E-state index in [1.807, 2.05) is 88.4 Å². The molecule has 4 aromatic rings. The smallest absolute Gasteiger partial charge is 0.399 e. The number of aliphatic imine (C=N–C) groups is 1. The van der Waals surface area contributed by atoms with Crippen LogP contribution in [-0.2, 0) is 9.31 Å². The van der Waals surface area contributed by atoms with Gasteiger partial charge in [0.1, 0.15) is 13.9 Å². The maximum atomic E-state index is 16.9. The van der Waals surface area contributed by atoms with Crippen molar-refractivity contribution in [2.24, 2.45) is 4.99 Å². The summed E-state index contributed by atoms with van der Waals surface area (Å²) in [6.45, 7) is 21.2. The number of hydrogen-bond donors (Lipinski definition) is 0. The van der Waals surface area contributed by atoms with Gasteiger partial charge in [0.2, 0.25) is 0 Å². The molecule has 0 bridgehead atoms. The molecule has 1 aliphatic rings. The molecule has 0 atom stereocenters. The van der Waals surface area contributed by atoms with E-state index in [1.54, 1.807) is 6.07 Å². The minimum Gasteiger partial charge on any atom is -0.399 e. The van der Waals surface area contributed by atoms with E-state index in [4.69, 9.17) is 14.3 Å². The number of fused-ring (bicyclic) bond motifs is 1. The van der Waals surface area contributed by atoms with Crippen LogP contribution in [0.3, 0.4) is 0 Å². The average molecular weight is 650 g/mol. The second kappa shape index (κ2) is 13.1. The minimum absolute atomic E-state index is 0.116. The molecule has 0 aromatic heterocycles. The molecule has 0 saturated carbocycles. The van der Waals surface area contributed by atoms with Crippen molar-refractivity contribution in [1.29, 1.82) is 0 Å². The van der Waals surface area contributed by atoms with Crippen LogP contribution in [0.25, 0.3) is 10.8 Å². The number of halogens is 2. The molecule has 0 amide bonds. The largest absolute Gasteiger partial charge is 0.495 e. The van der Waals surface area contributed by atoms with E-state index in [9.17, 15) is 0 Å². The summed E-state index contributed by atoms with van der Waals surface area (Å²) in [7, 11) is -3.13. The zero-order chi connectivity index (χ0) is 34.3. The first-order chi connectivity index (χ1) is 22.1. The second-order valence-electron chi connectivity index (χ2n) is 14.6. The molecule has 1 fully saturated rings. The normalized spacial score (nSPS) is 15.8. The molecule has 0 unspecified atom stereocenters. The van der Waals surface area contributed by atoms with Crippen LogP contribution in [0.4, 0.5) is 14.5 Å². The van der Waals surface area contributed by atoms with E-state index in [0.29, 0.717) is 33.2 Å². The number of benzene rings is 4. The number of nitrogens with zero attached hydrogens (tertiary/aromatic N) is 1. The quantitative estimate of drug-likeness (QED) is 0.113. The fourth-order valence-corrected chi connectivity index (χ4v) is 12.3. The first-order valence-electron chi connectivity index (χ1n) is 16.6. The van der Waals surface area contributed by atoms with Crippen molar-refractivity contribution >= 4 is 42.8 Å². The van der Waals surface area contributed by atoms with Crippen LogP contribution in [-0.4, -0.2) is 32.1 Å². The van der Waals surface area contributed by atoms with Crippen molar-refractivity contribution < 1.29 is 18.1 Å². The van der Waals surface area contributed by atoms with E-state index in [1.165, 1.54) is 12.1 Å². The summed E-state index contributed by atoms with van der Waals surface area (Å²) in [5, 5.41) is 0.598. The third-order valence-electron chi connectivity index (χ3n) is 10.3. The lowest BCUT2D eigenvalue weighted by molar-refractivity contribution is 0.00578. The maximum absolute atomic E-state index is 16.9. The fourth-order valence-electron chi connectivity index (χ4n) is 7.05. The summed E-state index contributed by atoms with van der Waals surface area (Å²) < 4.78 is 45.9. The van der Waals surface area contributed by atoms with Crippen molar-refractivity contribution in [3.8, 4) is 11.5 Å². The minimum atomic E-state index is -2.24. The van der Waals surface area contributed by atoms with Crippen molar-refractivity contribution in [2.45, 2.75) is 97.1 Å². The third-order valence-corrected chi connectivity index (χ3v) is 16.6. The average Bonchev–Trinajstić information content (AvgIpc) is 3.24. The number of rotatable bonds is 7. The Bertz CT molecular complexity index is 1780. The van der Waals surface area contributed by atoms with Gasteiger partial charge in [-0.2, -0.15) is 0 Å². The molecule has 0 N–H and O–H groups in total. The van der Waals surface area contributed by atoms with E-state index in [-0.39, 0.29) is 16.6 Å². The third kappa shape index (κ3) is 6.36. The van der Waals surface area contributed by atoms with Crippen LogP contribution in [0, 0.1) is 23.1 Å². The van der Waals surface area contributed by atoms with Gasteiger partial charge >= 0.3 is 7.12 Å². The second-order valence-corrected chi connectivity index (χ2v) is 20.2. The highest BCUT2D eigenvalue weighted by Gasteiger charge is 2.52. The van der Waals surface area contributed by atoms with Gasteiger partial charge in [0.25, 0.3) is 0 Å². The van der Waals surface area contributed by atoms with Crippen LogP contribution < -0.4 is 5.46 Å². The molecule has 5 rings (SSSR count). The molecule has 0 radical (unpaired) electrons. The van der Waals surface area contributed by atoms with Gasteiger partial charge in [-0.1, -0.05) is 108 Å². The molecular formula is C40H46BF2NO2Si. The highest BCUT2D eigenvalue weighted by atomic mass is 28.3. The van der Waals surface area contributed by atoms with Crippen molar-refractivity contribution in [3.63, 3.8) is 0 Å². The van der Waals surface area contributed by atoms with Crippen LogP contribution in [0.5, 0.6) is 0 Å². The highest BCUT2D eigenvalue weighted by Crippen LogP contribution is 2.42. The molecule has 7 heteroatoms. The van der Waals surface area contributed by atoms with Gasteiger partial charge in [-0.25, -0.2) is 13.8 Å². The Morgan fingerprint density at radius 2 is 1.23 bits per heavy atom. The summed E-state index contributed by atoms with van der Waals surface area (Å²) in [6.07, 6.45) is 0. The first-order valence-corrected chi connectivity index (χ1v) is 18.9. The number of hydrogen-bond acceptors (Lipinski definition) is 3. The van der Waals surface area contributed by atoms with Gasteiger partial charge in [0.05, 0.1) is 28.2 Å². The van der Waals surface area contributed by atoms with Gasteiger partial charge in [-0.15, -0.1) is 5.54 Å². The van der Waals surface area contributed by atoms with E-state index >= 15 is 8.78 Å². The molecule has 1 heterocycles. The van der Waals surface area contributed by atoms with Gasteiger partial charge in [-0.3, -0.25) is 0 Å². The Balaban J connectivity index is 1.85. The Labute approximate surface area is 281 Å². The molecule has 1 saturated heterocycles. The van der Waals surface area contributed by atoms with Crippen LogP contribution >= 0.6 is 0 Å². The van der Waals surface area contributed by atoms with Gasteiger partial charge in [-0.05, 0) is 68.0 Å². The van der Waals surface area contributed by atoms with Crippen LogP contribution in [0.2, 0.25) is 16.6 Å². The monoisotopic (exact) mass is 649 g/mol. The molecule has 1 aliphatic heterocycles. The summed E-state index contributed by atoms with van der Waals surface area (Å²) in [5.74, 6) is 2.27. The van der Waals surface area contributed by atoms with Crippen molar-refractivity contribution in [2.75, 3.05) is 0 Å². The molecule has 47 heavy (non-hydrogen) atoms. The van der Waals surface area contributed by atoms with Crippen molar-refractivity contribution in [3.05, 3.63) is 107 Å². The molecule has 244 valence electrons. The van der Waals surface area contributed by atoms with E-state index in [0.717, 1.165) is 11.1 Å². The van der Waals surface area contributed by atoms with Gasteiger partial charge in [0, 0.05) is 21.9 Å². The maximum Gasteiger partial charge on any atom is 0.495 e. The topological polar surface area (TPSA) is 30.8 Å². The zero-order valence-corrected chi connectivity index (χ0v) is 30.3. The molecular weight excluding hydrogens is 603 g/mol. The summed E-state index contributed by atoms with van der Waals surface area (Å²) >= 11 is 0. The molecule has 4 aromatic carbocycles. The van der Waals surface area contributed by atoms with Crippen LogP contribution in [0.15, 0.2) is 83.9 Å². The molecule has 0 spiro atoms. The Hall–Kier alpha value is -3.57. The predicted molar refractivity (Wildman–Crippen MR) is 196 cm³/mol. The highest BCUT2D eigenvalue weighted by molar-refractivity contribution is 6.90. The summed E-state index contributed by atoms with van der Waals surface area (Å²) in [6, 6.07) is 23.9. The Morgan fingerprint density at radius 3 is 1.70 bits per heavy atom. The zero-order valence-electron chi connectivity index (χ0n) is 29.3. The van der Waals surface area contributed by atoms with E-state index < -0.39 is 38.0 Å². The Morgan fingerprint density at radius 1 is 0.745 bits per heavy atom. The lowest BCUT2D eigenvalue weighted by Crippen LogP contribution is -2.43.